The first-order valence-corrected chi connectivity index (χ1v) is 7.51. The van der Waals surface area contributed by atoms with Crippen LogP contribution in [0.3, 0.4) is 0 Å². The highest BCUT2D eigenvalue weighted by atomic mass is 32.2. The molecule has 0 N–H and O–H groups in total. The van der Waals surface area contributed by atoms with Gasteiger partial charge in [0.15, 0.2) is 5.03 Å². The largest absolute Gasteiger partial charge is 0.339 e. The van der Waals surface area contributed by atoms with Crippen molar-refractivity contribution < 1.29 is 8.42 Å². The minimum absolute atomic E-state index is 0.0804. The quantitative estimate of drug-likeness (QED) is 0.756. The molecule has 7 nitrogen and oxygen atoms in total. The second-order valence-corrected chi connectivity index (χ2v) is 6.51. The summed E-state index contributed by atoms with van der Waals surface area (Å²) in [4.78, 5) is 5.88. The zero-order valence-electron chi connectivity index (χ0n) is 11.0. The first kappa shape index (κ1) is 14.0. The van der Waals surface area contributed by atoms with E-state index in [0.29, 0.717) is 26.2 Å². The summed E-state index contributed by atoms with van der Waals surface area (Å²) in [5.74, 6) is 0. The Morgan fingerprint density at radius 3 is 2.47 bits per heavy atom. The Hall–Kier alpha value is -1.43. The molecule has 1 aromatic rings. The van der Waals surface area contributed by atoms with Crippen LogP contribution < -0.4 is 0 Å². The normalized spacial score (nSPS) is 20.1. The summed E-state index contributed by atoms with van der Waals surface area (Å²) in [6.07, 6.45) is 2.97. The highest BCUT2D eigenvalue weighted by Gasteiger charge is 2.31. The van der Waals surface area contributed by atoms with Gasteiger partial charge in [-0.05, 0) is 6.92 Å². The Labute approximate surface area is 113 Å². The molecular formula is C11H17N5O2S. The van der Waals surface area contributed by atoms with Gasteiger partial charge < -0.3 is 4.57 Å². The number of hydrogen-bond acceptors (Lipinski definition) is 5. The van der Waals surface area contributed by atoms with Gasteiger partial charge in [0, 0.05) is 39.4 Å². The molecule has 1 aliphatic rings. The molecule has 0 aliphatic carbocycles. The third kappa shape index (κ3) is 2.78. The first-order chi connectivity index (χ1) is 8.95. The molecule has 1 atom stereocenters. The second kappa shape index (κ2) is 5.28. The first-order valence-electron chi connectivity index (χ1n) is 6.07. The number of nitrogens with zero attached hydrogens (tertiary/aromatic N) is 5. The molecule has 1 aromatic heterocycles. The SMILES string of the molecule is CC(C#N)N1CCN(S(=O)(=O)c2cn(C)cn2)CC1. The maximum absolute atomic E-state index is 12.3. The molecule has 1 fully saturated rings. The number of piperazine rings is 1. The molecule has 2 rings (SSSR count). The van der Waals surface area contributed by atoms with Crippen LogP contribution in [0.1, 0.15) is 6.92 Å². The number of aryl methyl sites for hydroxylation is 1. The monoisotopic (exact) mass is 283 g/mol. The lowest BCUT2D eigenvalue weighted by molar-refractivity contribution is 0.169. The van der Waals surface area contributed by atoms with Crippen molar-refractivity contribution >= 4 is 10.0 Å². The summed E-state index contributed by atoms with van der Waals surface area (Å²) in [5, 5.41) is 8.94. The van der Waals surface area contributed by atoms with Crippen LogP contribution in [-0.2, 0) is 17.1 Å². The second-order valence-electron chi connectivity index (χ2n) is 4.62. The van der Waals surface area contributed by atoms with Crippen molar-refractivity contribution in [3.05, 3.63) is 12.5 Å². The van der Waals surface area contributed by atoms with Crippen LogP contribution in [0.4, 0.5) is 0 Å². The van der Waals surface area contributed by atoms with Crippen LogP contribution in [0, 0.1) is 11.3 Å². The van der Waals surface area contributed by atoms with E-state index in [-0.39, 0.29) is 11.1 Å². The maximum atomic E-state index is 12.3. The summed E-state index contributed by atoms with van der Waals surface area (Å²) < 4.78 is 27.7. The van der Waals surface area contributed by atoms with Crippen LogP contribution in [0.5, 0.6) is 0 Å². The number of sulfonamides is 1. The molecule has 8 heteroatoms. The minimum Gasteiger partial charge on any atom is -0.339 e. The lowest BCUT2D eigenvalue weighted by Crippen LogP contribution is -2.51. The molecule has 0 aromatic carbocycles. The van der Waals surface area contributed by atoms with E-state index in [4.69, 9.17) is 5.26 Å². The summed E-state index contributed by atoms with van der Waals surface area (Å²) in [7, 11) is -1.77. The van der Waals surface area contributed by atoms with E-state index in [1.807, 2.05) is 11.8 Å². The Kier molecular flexibility index (Phi) is 3.89. The highest BCUT2D eigenvalue weighted by Crippen LogP contribution is 2.16. The van der Waals surface area contributed by atoms with Crippen molar-refractivity contribution in [3.63, 3.8) is 0 Å². The molecule has 1 saturated heterocycles. The fourth-order valence-electron chi connectivity index (χ4n) is 2.07. The molecule has 0 spiro atoms. The van der Waals surface area contributed by atoms with Gasteiger partial charge >= 0.3 is 0 Å². The van der Waals surface area contributed by atoms with Gasteiger partial charge in [-0.2, -0.15) is 9.57 Å². The smallest absolute Gasteiger partial charge is 0.262 e. The van der Waals surface area contributed by atoms with Crippen molar-refractivity contribution in [3.8, 4) is 6.07 Å². The van der Waals surface area contributed by atoms with E-state index in [0.717, 1.165) is 0 Å². The predicted octanol–water partition coefficient (Wildman–Crippen LogP) is -0.362. The number of imidazole rings is 1. The number of rotatable bonds is 3. The van der Waals surface area contributed by atoms with E-state index < -0.39 is 10.0 Å². The fourth-order valence-corrected chi connectivity index (χ4v) is 3.46. The molecule has 1 unspecified atom stereocenters. The molecule has 0 saturated carbocycles. The van der Waals surface area contributed by atoms with Crippen LogP contribution in [0.2, 0.25) is 0 Å². The van der Waals surface area contributed by atoms with Crippen molar-refractivity contribution in [1.82, 2.24) is 18.8 Å². The van der Waals surface area contributed by atoms with E-state index in [1.165, 1.54) is 16.8 Å². The van der Waals surface area contributed by atoms with Gasteiger partial charge in [0.05, 0.1) is 18.4 Å². The van der Waals surface area contributed by atoms with E-state index in [2.05, 4.69) is 11.1 Å². The van der Waals surface area contributed by atoms with E-state index >= 15 is 0 Å². The average molecular weight is 283 g/mol. The summed E-state index contributed by atoms with van der Waals surface area (Å²) in [6.45, 7) is 3.75. The standard InChI is InChI=1S/C11H17N5O2S/c1-10(7-12)15-3-5-16(6-4-15)19(17,18)11-8-14(2)9-13-11/h8-10H,3-6H2,1-2H3. The molecule has 19 heavy (non-hydrogen) atoms. The van der Waals surface area contributed by atoms with Gasteiger partial charge in [-0.15, -0.1) is 0 Å². The molecule has 104 valence electrons. The average Bonchev–Trinajstić information content (AvgIpc) is 2.85. The van der Waals surface area contributed by atoms with Crippen LogP contribution in [-0.4, -0.2) is 59.4 Å². The Morgan fingerprint density at radius 1 is 1.37 bits per heavy atom. The van der Waals surface area contributed by atoms with Gasteiger partial charge in [-0.3, -0.25) is 4.90 Å². The third-order valence-electron chi connectivity index (χ3n) is 3.29. The van der Waals surface area contributed by atoms with Crippen molar-refractivity contribution in [2.75, 3.05) is 26.2 Å². The van der Waals surface area contributed by atoms with Gasteiger partial charge in [0.2, 0.25) is 0 Å². The molecule has 0 radical (unpaired) electrons. The highest BCUT2D eigenvalue weighted by molar-refractivity contribution is 7.89. The molecule has 0 amide bonds. The minimum atomic E-state index is -3.51. The zero-order chi connectivity index (χ0) is 14.0. The topological polar surface area (TPSA) is 82.2 Å². The molecule has 1 aliphatic heterocycles. The van der Waals surface area contributed by atoms with Crippen molar-refractivity contribution in [2.24, 2.45) is 7.05 Å². The maximum Gasteiger partial charge on any atom is 0.262 e. The predicted molar refractivity (Wildman–Crippen MR) is 68.6 cm³/mol. The lowest BCUT2D eigenvalue weighted by atomic mass is 10.2. The third-order valence-corrected chi connectivity index (χ3v) is 5.08. The van der Waals surface area contributed by atoms with Crippen molar-refractivity contribution in [1.29, 1.82) is 5.26 Å². The molecule has 2 heterocycles. The van der Waals surface area contributed by atoms with Gasteiger partial charge in [0.25, 0.3) is 10.0 Å². The summed E-state index contributed by atoms with van der Waals surface area (Å²) in [5.41, 5.74) is 0. The number of nitriles is 1. The number of hydrogen-bond donors (Lipinski definition) is 0. The zero-order valence-corrected chi connectivity index (χ0v) is 11.8. The van der Waals surface area contributed by atoms with Crippen LogP contribution in [0.15, 0.2) is 17.6 Å². The van der Waals surface area contributed by atoms with E-state index in [9.17, 15) is 8.42 Å². The van der Waals surface area contributed by atoms with Gasteiger partial charge in [-0.1, -0.05) is 0 Å². The lowest BCUT2D eigenvalue weighted by Gasteiger charge is -2.34. The Balaban J connectivity index is 2.08. The fraction of sp³-hybridized carbons (Fsp3) is 0.636. The Morgan fingerprint density at radius 2 is 2.00 bits per heavy atom. The number of aromatic nitrogens is 2. The van der Waals surface area contributed by atoms with Gasteiger partial charge in [-0.25, -0.2) is 13.4 Å². The summed E-state index contributed by atoms with van der Waals surface area (Å²) >= 11 is 0. The van der Waals surface area contributed by atoms with Crippen molar-refractivity contribution in [2.45, 2.75) is 18.0 Å². The Bertz CT molecular complexity index is 580. The summed E-state index contributed by atoms with van der Waals surface area (Å²) in [6, 6.07) is 1.98. The van der Waals surface area contributed by atoms with Crippen LogP contribution in [0.25, 0.3) is 0 Å². The molecule has 0 bridgehead atoms. The van der Waals surface area contributed by atoms with Gasteiger partial charge in [0.1, 0.15) is 0 Å². The molecular weight excluding hydrogens is 266 g/mol. The van der Waals surface area contributed by atoms with E-state index in [1.54, 1.807) is 11.6 Å². The van der Waals surface area contributed by atoms with Crippen LogP contribution >= 0.6 is 0 Å².